The van der Waals surface area contributed by atoms with Crippen LogP contribution in [0, 0.1) is 0 Å². The Kier molecular flexibility index (Phi) is 10.3. The topological polar surface area (TPSA) is 105 Å². The van der Waals surface area contributed by atoms with Gasteiger partial charge in [-0.25, -0.2) is 18.0 Å². The van der Waals surface area contributed by atoms with E-state index in [9.17, 15) is 18.0 Å². The van der Waals surface area contributed by atoms with Crippen molar-refractivity contribution in [3.05, 3.63) is 120 Å². The molecule has 0 aromatic heterocycles. The first-order valence-corrected chi connectivity index (χ1v) is 15.4. The Morgan fingerprint density at radius 3 is 1.22 bits per heavy atom. The lowest BCUT2D eigenvalue weighted by atomic mass is 10.0. The molecule has 232 valence electrons. The zero-order valence-corrected chi connectivity index (χ0v) is 26.4. The molecule has 9 heteroatoms. The van der Waals surface area contributed by atoms with Gasteiger partial charge in [0.15, 0.2) is 0 Å². The lowest BCUT2D eigenvalue weighted by molar-refractivity contribution is -0.141. The quantitative estimate of drug-likeness (QED) is 0.121. The van der Waals surface area contributed by atoms with Crippen molar-refractivity contribution in [1.82, 2.24) is 0 Å². The van der Waals surface area contributed by atoms with Gasteiger partial charge in [-0.1, -0.05) is 49.6 Å². The first-order chi connectivity index (χ1) is 21.4. The summed E-state index contributed by atoms with van der Waals surface area (Å²) < 4.78 is 48.3. The van der Waals surface area contributed by atoms with Crippen LogP contribution < -0.4 is 9.47 Å². The van der Waals surface area contributed by atoms with Crippen LogP contribution in [0.5, 0.6) is 11.5 Å². The van der Waals surface area contributed by atoms with E-state index in [0.717, 1.165) is 22.3 Å². The second kappa shape index (κ2) is 14.1. The average Bonchev–Trinajstić information content (AvgIpc) is 3.05. The lowest BCUT2D eigenvalue weighted by Crippen LogP contribution is -2.06. The SMILES string of the molecule is C=C(C)C(=O)OCc1cc(-c2ccc(S(=O)(=O)c3ccc(-c4ccc(OC)c(COC(=O)C(=C)C)c4)cc3)cc2)ccc1OC. The fourth-order valence-electron chi connectivity index (χ4n) is 4.46. The van der Waals surface area contributed by atoms with Crippen LogP contribution in [-0.2, 0) is 42.1 Å². The molecule has 0 saturated carbocycles. The Morgan fingerprint density at radius 2 is 0.911 bits per heavy atom. The van der Waals surface area contributed by atoms with Gasteiger partial charge in [-0.05, 0) is 84.6 Å². The molecule has 4 rings (SSSR count). The molecule has 0 bridgehead atoms. The Hall–Kier alpha value is -5.15. The van der Waals surface area contributed by atoms with E-state index in [1.54, 1.807) is 74.5 Å². The molecule has 4 aromatic carbocycles. The number of benzene rings is 4. The van der Waals surface area contributed by atoms with Gasteiger partial charge in [-0.3, -0.25) is 0 Å². The lowest BCUT2D eigenvalue weighted by Gasteiger charge is -2.13. The molecule has 0 aliphatic rings. The zero-order valence-electron chi connectivity index (χ0n) is 25.6. The standard InChI is InChI=1S/C36H34O8S/c1-23(2)35(37)43-21-29-19-27(11-17-33(29)41-5)25-7-13-31(14-8-25)45(39,40)32-15-9-26(10-16-32)28-12-18-34(42-6)30(20-28)22-44-36(38)24(3)4/h7-20H,1,3,21-22H2,2,4-6H3. The minimum Gasteiger partial charge on any atom is -0.496 e. The van der Waals surface area contributed by atoms with Gasteiger partial charge in [0.25, 0.3) is 0 Å². The fraction of sp³-hybridized carbons (Fsp3) is 0.167. The predicted octanol–water partition coefficient (Wildman–Crippen LogP) is 7.11. The molecule has 45 heavy (non-hydrogen) atoms. The highest BCUT2D eigenvalue weighted by molar-refractivity contribution is 7.91. The molecule has 0 amide bonds. The minimum atomic E-state index is -3.80. The Balaban J connectivity index is 1.54. The number of carbonyl (C=O) groups excluding carboxylic acids is 2. The van der Waals surface area contributed by atoms with E-state index in [0.29, 0.717) is 33.8 Å². The van der Waals surface area contributed by atoms with Gasteiger partial charge in [-0.2, -0.15) is 0 Å². The molecular formula is C36H34O8S. The van der Waals surface area contributed by atoms with Crippen LogP contribution in [0.4, 0.5) is 0 Å². The van der Waals surface area contributed by atoms with Gasteiger partial charge >= 0.3 is 11.9 Å². The van der Waals surface area contributed by atoms with Crippen LogP contribution in [0.25, 0.3) is 22.3 Å². The molecule has 0 unspecified atom stereocenters. The molecule has 0 radical (unpaired) electrons. The summed E-state index contributed by atoms with van der Waals surface area (Å²) in [5.41, 5.74) is 5.09. The minimum absolute atomic E-state index is 0.00542. The molecule has 0 aliphatic carbocycles. The summed E-state index contributed by atoms with van der Waals surface area (Å²) in [6.45, 7) is 10.3. The van der Waals surface area contributed by atoms with Crippen molar-refractivity contribution in [3.8, 4) is 33.8 Å². The Morgan fingerprint density at radius 1 is 0.578 bits per heavy atom. The van der Waals surface area contributed by atoms with Crippen molar-refractivity contribution in [2.75, 3.05) is 14.2 Å². The molecule has 0 heterocycles. The van der Waals surface area contributed by atoms with E-state index in [2.05, 4.69) is 13.2 Å². The van der Waals surface area contributed by atoms with Crippen molar-refractivity contribution in [3.63, 3.8) is 0 Å². The second-order valence-electron chi connectivity index (χ2n) is 10.3. The number of hydrogen-bond donors (Lipinski definition) is 0. The molecular weight excluding hydrogens is 592 g/mol. The number of rotatable bonds is 12. The van der Waals surface area contributed by atoms with E-state index in [4.69, 9.17) is 18.9 Å². The zero-order chi connectivity index (χ0) is 32.7. The van der Waals surface area contributed by atoms with Crippen molar-refractivity contribution in [2.45, 2.75) is 36.9 Å². The molecule has 0 atom stereocenters. The smallest absolute Gasteiger partial charge is 0.333 e. The van der Waals surface area contributed by atoms with Crippen molar-refractivity contribution in [1.29, 1.82) is 0 Å². The van der Waals surface area contributed by atoms with Gasteiger partial charge < -0.3 is 18.9 Å². The highest BCUT2D eigenvalue weighted by Gasteiger charge is 2.19. The van der Waals surface area contributed by atoms with E-state index in [-0.39, 0.29) is 23.0 Å². The molecule has 0 spiro atoms. The third-order valence-corrected chi connectivity index (χ3v) is 8.76. The number of esters is 2. The number of sulfone groups is 1. The van der Waals surface area contributed by atoms with E-state index in [1.165, 1.54) is 14.2 Å². The van der Waals surface area contributed by atoms with Crippen molar-refractivity contribution in [2.24, 2.45) is 0 Å². The summed E-state index contributed by atoms with van der Waals surface area (Å²) in [5.74, 6) is 0.127. The predicted molar refractivity (Wildman–Crippen MR) is 172 cm³/mol. The van der Waals surface area contributed by atoms with E-state index >= 15 is 0 Å². The average molecular weight is 627 g/mol. The van der Waals surface area contributed by atoms with Crippen molar-refractivity contribution < 1.29 is 37.0 Å². The highest BCUT2D eigenvalue weighted by Crippen LogP contribution is 2.32. The maximum atomic E-state index is 13.5. The summed E-state index contributed by atoms with van der Waals surface area (Å²) >= 11 is 0. The summed E-state index contributed by atoms with van der Waals surface area (Å²) in [6.07, 6.45) is 0. The number of carbonyl (C=O) groups is 2. The number of methoxy groups -OCH3 is 2. The van der Waals surface area contributed by atoms with Gasteiger partial charge in [-0.15, -0.1) is 0 Å². The Bertz CT molecular complexity index is 1720. The molecule has 0 aliphatic heterocycles. The normalized spacial score (nSPS) is 10.9. The summed E-state index contributed by atoms with van der Waals surface area (Å²) in [6, 6.07) is 24.1. The number of ether oxygens (including phenoxy) is 4. The summed E-state index contributed by atoms with van der Waals surface area (Å²) in [7, 11) is -0.735. The molecule has 8 nitrogen and oxygen atoms in total. The van der Waals surface area contributed by atoms with Crippen LogP contribution >= 0.6 is 0 Å². The van der Waals surface area contributed by atoms with E-state index in [1.807, 2.05) is 24.3 Å². The largest absolute Gasteiger partial charge is 0.496 e. The molecule has 4 aromatic rings. The third kappa shape index (κ3) is 7.69. The summed E-state index contributed by atoms with van der Waals surface area (Å²) in [5, 5.41) is 0. The molecule has 0 N–H and O–H groups in total. The van der Waals surface area contributed by atoms with Crippen molar-refractivity contribution >= 4 is 21.8 Å². The first-order valence-electron chi connectivity index (χ1n) is 13.9. The van der Waals surface area contributed by atoms with Crippen LogP contribution in [0.1, 0.15) is 25.0 Å². The first kappa shape index (κ1) is 32.8. The van der Waals surface area contributed by atoms with Gasteiger partial charge in [0.2, 0.25) is 9.84 Å². The van der Waals surface area contributed by atoms with Crippen LogP contribution in [0.15, 0.2) is 119 Å². The van der Waals surface area contributed by atoms with Crippen LogP contribution in [0.3, 0.4) is 0 Å². The van der Waals surface area contributed by atoms with Gasteiger partial charge in [0.1, 0.15) is 24.7 Å². The summed E-state index contributed by atoms with van der Waals surface area (Å²) in [4.78, 5) is 24.0. The van der Waals surface area contributed by atoms with Crippen LogP contribution in [-0.4, -0.2) is 34.6 Å². The highest BCUT2D eigenvalue weighted by atomic mass is 32.2. The maximum absolute atomic E-state index is 13.5. The fourth-order valence-corrected chi connectivity index (χ4v) is 5.72. The maximum Gasteiger partial charge on any atom is 0.333 e. The second-order valence-corrected chi connectivity index (χ2v) is 12.3. The van der Waals surface area contributed by atoms with Gasteiger partial charge in [0.05, 0.1) is 24.0 Å². The monoisotopic (exact) mass is 626 g/mol. The van der Waals surface area contributed by atoms with Crippen LogP contribution in [0.2, 0.25) is 0 Å². The molecule has 0 fully saturated rings. The van der Waals surface area contributed by atoms with Gasteiger partial charge in [0, 0.05) is 22.3 Å². The third-order valence-electron chi connectivity index (χ3n) is 6.97. The van der Waals surface area contributed by atoms with E-state index < -0.39 is 21.8 Å². The number of hydrogen-bond acceptors (Lipinski definition) is 8. The Labute approximate surface area is 263 Å². The molecule has 0 saturated heterocycles.